The van der Waals surface area contributed by atoms with E-state index in [2.05, 4.69) is 10.3 Å². The van der Waals surface area contributed by atoms with Gasteiger partial charge in [0.25, 0.3) is 5.91 Å². The number of hydrogen-bond donors (Lipinski definition) is 2. The topological polar surface area (TPSA) is 99.2 Å². The van der Waals surface area contributed by atoms with E-state index in [1.807, 2.05) is 13.8 Å². The van der Waals surface area contributed by atoms with Gasteiger partial charge < -0.3 is 15.9 Å². The molecule has 8 heteroatoms. The Morgan fingerprint density at radius 1 is 1.21 bits per heavy atom. The Bertz CT molecular complexity index is 1120. The minimum absolute atomic E-state index is 0.272. The number of aromatic nitrogens is 2. The van der Waals surface area contributed by atoms with E-state index < -0.39 is 11.4 Å². The highest BCUT2D eigenvalue weighted by molar-refractivity contribution is 6.07. The second-order valence-corrected chi connectivity index (χ2v) is 7.53. The molecule has 3 aromatic rings. The molecule has 4 rings (SSSR count). The molecule has 0 radical (unpaired) electrons. The number of pyridine rings is 1. The molecule has 0 saturated heterocycles. The number of anilines is 1. The zero-order chi connectivity index (χ0) is 20.8. The molecule has 1 aromatic carbocycles. The summed E-state index contributed by atoms with van der Waals surface area (Å²) >= 11 is 0. The summed E-state index contributed by atoms with van der Waals surface area (Å²) in [5.74, 6) is -0.423. The Morgan fingerprint density at radius 3 is 2.59 bits per heavy atom. The maximum absolute atomic E-state index is 13.5. The predicted molar refractivity (Wildman–Crippen MR) is 105 cm³/mol. The third-order valence-corrected chi connectivity index (χ3v) is 4.85. The van der Waals surface area contributed by atoms with Crippen molar-refractivity contribution in [2.45, 2.75) is 25.8 Å². The quantitative estimate of drug-likeness (QED) is 0.663. The molecular weight excluding hydrogens is 375 g/mol. The number of amides is 1. The molecule has 0 aliphatic carbocycles. The number of nitrogens with two attached hydrogens (primary N) is 1. The molecule has 0 fully saturated rings. The molecule has 0 unspecified atom stereocenters. The molecule has 0 saturated carbocycles. The SMILES string of the molecule is CC1(C)Cc2c(c(-c3ccc(F)cc3)c(-c3ccnc(N)c3)n2OC=O)C(=O)N1. The molecule has 1 aliphatic heterocycles. The second kappa shape index (κ2) is 6.73. The summed E-state index contributed by atoms with van der Waals surface area (Å²) in [6.07, 6.45) is 1.96. The van der Waals surface area contributed by atoms with Gasteiger partial charge in [0.1, 0.15) is 11.6 Å². The smallest absolute Gasteiger partial charge is 0.321 e. The number of rotatable bonds is 4. The van der Waals surface area contributed by atoms with Crippen LogP contribution in [0, 0.1) is 5.82 Å². The number of hydrogen-bond acceptors (Lipinski definition) is 5. The normalized spacial score (nSPS) is 14.8. The molecule has 1 amide bonds. The largest absolute Gasteiger partial charge is 0.384 e. The lowest BCUT2D eigenvalue weighted by Gasteiger charge is -2.31. The van der Waals surface area contributed by atoms with Gasteiger partial charge in [-0.3, -0.25) is 9.59 Å². The summed E-state index contributed by atoms with van der Waals surface area (Å²) in [5.41, 5.74) is 8.46. The first kappa shape index (κ1) is 18.7. The summed E-state index contributed by atoms with van der Waals surface area (Å²) < 4.78 is 14.9. The molecule has 29 heavy (non-hydrogen) atoms. The standard InChI is InChI=1S/C21H19FN4O3/c1-21(2)10-15-18(20(28)25-21)17(12-3-5-14(22)6-4-12)19(26(15)29-11-27)13-7-8-24-16(23)9-13/h3-9,11H,10H2,1-2H3,(H2,23,24)(H,25,28). The molecule has 0 spiro atoms. The van der Waals surface area contributed by atoms with Crippen LogP contribution in [0.5, 0.6) is 0 Å². The molecule has 3 N–H and O–H groups in total. The van der Waals surface area contributed by atoms with E-state index in [9.17, 15) is 14.0 Å². The number of benzene rings is 1. The summed E-state index contributed by atoms with van der Waals surface area (Å²) in [5, 5.41) is 2.97. The Balaban J connectivity index is 2.11. The van der Waals surface area contributed by atoms with Gasteiger partial charge >= 0.3 is 6.47 Å². The van der Waals surface area contributed by atoms with Crippen molar-refractivity contribution in [3.63, 3.8) is 0 Å². The molecule has 3 heterocycles. The van der Waals surface area contributed by atoms with Crippen molar-refractivity contribution >= 4 is 18.2 Å². The van der Waals surface area contributed by atoms with Crippen molar-refractivity contribution < 1.29 is 18.8 Å². The number of fused-ring (bicyclic) bond motifs is 1. The van der Waals surface area contributed by atoms with Crippen LogP contribution >= 0.6 is 0 Å². The van der Waals surface area contributed by atoms with Crippen LogP contribution in [0.4, 0.5) is 10.2 Å². The van der Waals surface area contributed by atoms with E-state index in [0.29, 0.717) is 46.5 Å². The molecule has 2 aromatic heterocycles. The Morgan fingerprint density at radius 2 is 1.93 bits per heavy atom. The van der Waals surface area contributed by atoms with E-state index in [1.54, 1.807) is 24.3 Å². The Hall–Kier alpha value is -3.68. The highest BCUT2D eigenvalue weighted by Gasteiger charge is 2.38. The monoisotopic (exact) mass is 394 g/mol. The second-order valence-electron chi connectivity index (χ2n) is 7.53. The van der Waals surface area contributed by atoms with Crippen LogP contribution < -0.4 is 15.9 Å². The van der Waals surface area contributed by atoms with Gasteiger partial charge in [-0.05, 0) is 43.7 Å². The minimum atomic E-state index is -0.541. The molecule has 0 atom stereocenters. The molecule has 0 bridgehead atoms. The Kier molecular flexibility index (Phi) is 4.34. The summed E-state index contributed by atoms with van der Waals surface area (Å²) in [6, 6.07) is 9.12. The van der Waals surface area contributed by atoms with Crippen molar-refractivity contribution in [1.82, 2.24) is 15.0 Å². The fourth-order valence-electron chi connectivity index (χ4n) is 3.75. The number of carbonyl (C=O) groups is 2. The van der Waals surface area contributed by atoms with Gasteiger partial charge in [-0.1, -0.05) is 12.1 Å². The highest BCUT2D eigenvalue weighted by atomic mass is 19.1. The number of carbonyl (C=O) groups excluding carboxylic acids is 2. The van der Waals surface area contributed by atoms with Crippen LogP contribution in [0.1, 0.15) is 29.9 Å². The number of nitrogen functional groups attached to an aromatic ring is 1. The Labute approximate surface area is 166 Å². The maximum atomic E-state index is 13.5. The van der Waals surface area contributed by atoms with Gasteiger partial charge in [0.15, 0.2) is 0 Å². The van der Waals surface area contributed by atoms with Gasteiger partial charge in [-0.15, -0.1) is 0 Å². The van der Waals surface area contributed by atoms with Crippen LogP contribution in [0.3, 0.4) is 0 Å². The lowest BCUT2D eigenvalue weighted by atomic mass is 9.88. The van der Waals surface area contributed by atoms with Crippen molar-refractivity contribution in [3.8, 4) is 22.4 Å². The van der Waals surface area contributed by atoms with Crippen LogP contribution in [-0.2, 0) is 11.2 Å². The van der Waals surface area contributed by atoms with Crippen molar-refractivity contribution in [1.29, 1.82) is 0 Å². The van der Waals surface area contributed by atoms with Crippen molar-refractivity contribution in [3.05, 3.63) is 59.7 Å². The van der Waals surface area contributed by atoms with Gasteiger partial charge in [0.2, 0.25) is 0 Å². The third-order valence-electron chi connectivity index (χ3n) is 4.85. The first-order valence-electron chi connectivity index (χ1n) is 8.99. The summed E-state index contributed by atoms with van der Waals surface area (Å²) in [4.78, 5) is 33.7. The number of halogens is 1. The summed E-state index contributed by atoms with van der Waals surface area (Å²) in [7, 11) is 0. The minimum Gasteiger partial charge on any atom is -0.384 e. The number of nitrogens with one attached hydrogen (secondary N) is 1. The van der Waals surface area contributed by atoms with E-state index in [1.165, 1.54) is 23.1 Å². The van der Waals surface area contributed by atoms with E-state index in [0.717, 1.165) is 0 Å². The molecule has 148 valence electrons. The lowest BCUT2D eigenvalue weighted by molar-refractivity contribution is -0.129. The average molecular weight is 394 g/mol. The molecule has 1 aliphatic rings. The zero-order valence-corrected chi connectivity index (χ0v) is 15.9. The van der Waals surface area contributed by atoms with Gasteiger partial charge in [0.05, 0.1) is 17.0 Å². The predicted octanol–water partition coefficient (Wildman–Crippen LogP) is 2.59. The third kappa shape index (κ3) is 3.22. The number of nitrogens with zero attached hydrogens (tertiary/aromatic N) is 2. The van der Waals surface area contributed by atoms with Gasteiger partial charge in [-0.25, -0.2) is 9.37 Å². The maximum Gasteiger partial charge on any atom is 0.321 e. The summed E-state index contributed by atoms with van der Waals surface area (Å²) in [6.45, 7) is 4.07. The van der Waals surface area contributed by atoms with Crippen molar-refractivity contribution in [2.24, 2.45) is 0 Å². The fourth-order valence-corrected chi connectivity index (χ4v) is 3.75. The fraction of sp³-hybridized carbons (Fsp3) is 0.190. The van der Waals surface area contributed by atoms with E-state index in [4.69, 9.17) is 10.6 Å². The van der Waals surface area contributed by atoms with Crippen LogP contribution in [-0.4, -0.2) is 27.6 Å². The van der Waals surface area contributed by atoms with Crippen LogP contribution in [0.15, 0.2) is 42.6 Å². The molecular formula is C21H19FN4O3. The first-order chi connectivity index (χ1) is 13.8. The van der Waals surface area contributed by atoms with Gasteiger partial charge in [0, 0.05) is 29.3 Å². The average Bonchev–Trinajstić information content (AvgIpc) is 2.96. The first-order valence-corrected chi connectivity index (χ1v) is 8.99. The van der Waals surface area contributed by atoms with Gasteiger partial charge in [-0.2, -0.15) is 4.73 Å². The zero-order valence-electron chi connectivity index (χ0n) is 15.9. The van der Waals surface area contributed by atoms with Crippen molar-refractivity contribution in [2.75, 3.05) is 5.73 Å². The van der Waals surface area contributed by atoms with Crippen LogP contribution in [0.2, 0.25) is 0 Å². The van der Waals surface area contributed by atoms with Crippen LogP contribution in [0.25, 0.3) is 22.4 Å². The van der Waals surface area contributed by atoms with E-state index >= 15 is 0 Å². The van der Waals surface area contributed by atoms with E-state index in [-0.39, 0.29) is 11.7 Å². The molecule has 7 nitrogen and oxygen atoms in total. The highest BCUT2D eigenvalue weighted by Crippen LogP contribution is 2.42. The lowest BCUT2D eigenvalue weighted by Crippen LogP contribution is -2.49.